The van der Waals surface area contributed by atoms with Crippen LogP contribution in [0.5, 0.6) is 0 Å². The summed E-state index contributed by atoms with van der Waals surface area (Å²) >= 11 is 9.58. The number of rotatable bonds is 2. The van der Waals surface area contributed by atoms with E-state index in [1.807, 2.05) is 12.1 Å². The third-order valence-corrected chi connectivity index (χ3v) is 5.01. The average Bonchev–Trinajstić information content (AvgIpc) is 2.83. The fraction of sp³-hybridized carbons (Fsp3) is 0.0714. The van der Waals surface area contributed by atoms with Crippen molar-refractivity contribution in [1.29, 1.82) is 0 Å². The van der Waals surface area contributed by atoms with Crippen molar-refractivity contribution in [2.45, 2.75) is 4.90 Å². The molecule has 1 aromatic heterocycles. The number of aromatic amines is 1. The molecule has 0 atom stereocenters. The van der Waals surface area contributed by atoms with Gasteiger partial charge in [0, 0.05) is 16.3 Å². The summed E-state index contributed by atoms with van der Waals surface area (Å²) in [5.41, 5.74) is 1.79. The monoisotopic (exact) mass is 384 g/mol. The van der Waals surface area contributed by atoms with Gasteiger partial charge in [-0.15, -0.1) is 0 Å². The molecule has 0 bridgehead atoms. The van der Waals surface area contributed by atoms with E-state index in [1.165, 1.54) is 6.26 Å². The highest BCUT2D eigenvalue weighted by atomic mass is 79.9. The topological polar surface area (TPSA) is 62.8 Å². The normalized spacial score (nSPS) is 12.0. The Labute approximate surface area is 135 Å². The number of hydrogen-bond donors (Lipinski definition) is 1. The number of para-hydroxylation sites is 1. The Morgan fingerprint density at radius 3 is 2.71 bits per heavy atom. The van der Waals surface area contributed by atoms with Crippen LogP contribution in [-0.2, 0) is 9.84 Å². The molecule has 0 spiro atoms. The zero-order valence-electron chi connectivity index (χ0n) is 10.9. The molecule has 7 heteroatoms. The zero-order valence-corrected chi connectivity index (χ0v) is 14.1. The van der Waals surface area contributed by atoms with Gasteiger partial charge in [-0.1, -0.05) is 33.6 Å². The van der Waals surface area contributed by atoms with E-state index in [0.29, 0.717) is 27.4 Å². The summed E-state index contributed by atoms with van der Waals surface area (Å²) < 4.78 is 24.5. The Kier molecular flexibility index (Phi) is 3.55. The van der Waals surface area contributed by atoms with Crippen LogP contribution in [0.4, 0.5) is 0 Å². The largest absolute Gasteiger partial charge is 0.338 e. The molecule has 0 aliphatic rings. The summed E-state index contributed by atoms with van der Waals surface area (Å²) in [6.45, 7) is 0. The van der Waals surface area contributed by atoms with Crippen LogP contribution in [0.3, 0.4) is 0 Å². The van der Waals surface area contributed by atoms with Crippen molar-refractivity contribution in [2.75, 3.05) is 6.26 Å². The number of halogens is 2. The van der Waals surface area contributed by atoms with E-state index in [-0.39, 0.29) is 4.90 Å². The second kappa shape index (κ2) is 5.12. The molecule has 0 radical (unpaired) electrons. The number of nitrogens with one attached hydrogen (secondary N) is 1. The van der Waals surface area contributed by atoms with E-state index in [9.17, 15) is 8.42 Å². The van der Waals surface area contributed by atoms with Crippen molar-refractivity contribution in [1.82, 2.24) is 9.97 Å². The average molecular weight is 386 g/mol. The predicted octanol–water partition coefficient (Wildman–Crippen LogP) is 4.05. The summed E-state index contributed by atoms with van der Waals surface area (Å²) in [4.78, 5) is 7.73. The molecule has 0 aliphatic heterocycles. The molecule has 1 N–H and O–H groups in total. The lowest BCUT2D eigenvalue weighted by molar-refractivity contribution is 0.602. The van der Waals surface area contributed by atoms with Gasteiger partial charge in [-0.25, -0.2) is 13.4 Å². The third-order valence-electron chi connectivity index (χ3n) is 3.06. The molecular formula is C14H10BrClN2O2S. The van der Waals surface area contributed by atoms with Gasteiger partial charge in [0.25, 0.3) is 0 Å². The Morgan fingerprint density at radius 2 is 2.00 bits per heavy atom. The third kappa shape index (κ3) is 2.71. The molecule has 0 fully saturated rings. The lowest BCUT2D eigenvalue weighted by atomic mass is 10.2. The zero-order chi connectivity index (χ0) is 15.2. The van der Waals surface area contributed by atoms with Gasteiger partial charge in [0.05, 0.1) is 15.4 Å². The summed E-state index contributed by atoms with van der Waals surface area (Å²) in [7, 11) is -3.34. The van der Waals surface area contributed by atoms with E-state index in [4.69, 9.17) is 11.6 Å². The SMILES string of the molecule is CS(=O)(=O)c1cccc2[nH]c(-c3cc(Br)ccc3Cl)nc12. The molecule has 0 saturated heterocycles. The number of nitrogens with zero attached hydrogens (tertiary/aromatic N) is 1. The second-order valence-electron chi connectivity index (χ2n) is 4.63. The summed E-state index contributed by atoms with van der Waals surface area (Å²) in [5, 5.41) is 0.540. The van der Waals surface area contributed by atoms with Crippen LogP contribution in [0.15, 0.2) is 45.8 Å². The first-order valence-corrected chi connectivity index (χ1v) is 9.07. The number of fused-ring (bicyclic) bond motifs is 1. The highest BCUT2D eigenvalue weighted by Crippen LogP contribution is 2.31. The quantitative estimate of drug-likeness (QED) is 0.724. The fourth-order valence-electron chi connectivity index (χ4n) is 2.11. The maximum Gasteiger partial charge on any atom is 0.177 e. The fourth-order valence-corrected chi connectivity index (χ4v) is 3.51. The van der Waals surface area contributed by atoms with Crippen LogP contribution in [0.25, 0.3) is 22.4 Å². The first kappa shape index (κ1) is 14.6. The number of H-pyrrole nitrogens is 1. The van der Waals surface area contributed by atoms with Gasteiger partial charge in [0.1, 0.15) is 11.3 Å². The van der Waals surface area contributed by atoms with E-state index in [1.54, 1.807) is 24.3 Å². The summed E-state index contributed by atoms with van der Waals surface area (Å²) in [6, 6.07) is 10.4. The molecule has 108 valence electrons. The minimum Gasteiger partial charge on any atom is -0.338 e. The molecular weight excluding hydrogens is 376 g/mol. The molecule has 0 amide bonds. The van der Waals surface area contributed by atoms with Crippen molar-refractivity contribution in [3.8, 4) is 11.4 Å². The van der Waals surface area contributed by atoms with E-state index in [2.05, 4.69) is 25.9 Å². The maximum atomic E-state index is 11.8. The molecule has 0 saturated carbocycles. The van der Waals surface area contributed by atoms with Crippen LogP contribution in [0, 0.1) is 0 Å². The van der Waals surface area contributed by atoms with Gasteiger partial charge in [0.2, 0.25) is 0 Å². The van der Waals surface area contributed by atoms with Crippen LogP contribution in [0.1, 0.15) is 0 Å². The van der Waals surface area contributed by atoms with Crippen LogP contribution in [0.2, 0.25) is 5.02 Å². The highest BCUT2D eigenvalue weighted by molar-refractivity contribution is 9.10. The number of benzene rings is 2. The van der Waals surface area contributed by atoms with Crippen LogP contribution in [-0.4, -0.2) is 24.6 Å². The minimum atomic E-state index is -3.34. The van der Waals surface area contributed by atoms with Gasteiger partial charge in [-0.2, -0.15) is 0 Å². The van der Waals surface area contributed by atoms with Gasteiger partial charge in [-0.05, 0) is 30.3 Å². The summed E-state index contributed by atoms with van der Waals surface area (Å²) in [5.74, 6) is 0.535. The highest BCUT2D eigenvalue weighted by Gasteiger charge is 2.16. The van der Waals surface area contributed by atoms with Gasteiger partial charge < -0.3 is 4.98 Å². The number of sulfone groups is 1. The van der Waals surface area contributed by atoms with E-state index < -0.39 is 9.84 Å². The second-order valence-corrected chi connectivity index (χ2v) is 7.94. The van der Waals surface area contributed by atoms with Gasteiger partial charge in [-0.3, -0.25) is 0 Å². The minimum absolute atomic E-state index is 0.202. The molecule has 0 aliphatic carbocycles. The molecule has 0 unspecified atom stereocenters. The molecule has 1 heterocycles. The van der Waals surface area contributed by atoms with Crippen LogP contribution < -0.4 is 0 Å². The van der Waals surface area contributed by atoms with Gasteiger partial charge >= 0.3 is 0 Å². The number of imidazole rings is 1. The predicted molar refractivity (Wildman–Crippen MR) is 87.3 cm³/mol. The smallest absolute Gasteiger partial charge is 0.177 e. The molecule has 3 rings (SSSR count). The molecule has 2 aromatic carbocycles. The summed E-state index contributed by atoms with van der Waals surface area (Å²) in [6.07, 6.45) is 1.17. The molecule has 4 nitrogen and oxygen atoms in total. The lowest BCUT2D eigenvalue weighted by Gasteiger charge is -2.00. The van der Waals surface area contributed by atoms with Crippen molar-refractivity contribution in [3.05, 3.63) is 45.9 Å². The van der Waals surface area contributed by atoms with Crippen molar-refractivity contribution >= 4 is 48.4 Å². The Balaban J connectivity index is 2.30. The molecule has 3 aromatic rings. The van der Waals surface area contributed by atoms with E-state index >= 15 is 0 Å². The number of hydrogen-bond acceptors (Lipinski definition) is 3. The first-order valence-electron chi connectivity index (χ1n) is 6.00. The van der Waals surface area contributed by atoms with Crippen molar-refractivity contribution in [3.63, 3.8) is 0 Å². The Morgan fingerprint density at radius 1 is 1.24 bits per heavy atom. The van der Waals surface area contributed by atoms with Gasteiger partial charge in [0.15, 0.2) is 9.84 Å². The Hall–Kier alpha value is -1.37. The lowest BCUT2D eigenvalue weighted by Crippen LogP contribution is -1.97. The Bertz CT molecular complexity index is 951. The van der Waals surface area contributed by atoms with E-state index in [0.717, 1.165) is 4.47 Å². The standard InChI is InChI=1S/C14H10BrClN2O2S/c1-21(19,20)12-4-2-3-11-13(12)18-14(17-11)9-7-8(15)5-6-10(9)16/h2-7H,1H3,(H,17,18). The number of aromatic nitrogens is 2. The van der Waals surface area contributed by atoms with Crippen molar-refractivity contribution in [2.24, 2.45) is 0 Å². The van der Waals surface area contributed by atoms with Crippen LogP contribution >= 0.6 is 27.5 Å². The van der Waals surface area contributed by atoms with Crippen molar-refractivity contribution < 1.29 is 8.42 Å². The first-order chi connectivity index (χ1) is 9.86. The maximum absolute atomic E-state index is 11.8. The molecule has 21 heavy (non-hydrogen) atoms.